The highest BCUT2D eigenvalue weighted by Crippen LogP contribution is 2.49. The van der Waals surface area contributed by atoms with Crippen LogP contribution in [0.15, 0.2) is 77.3 Å². The molecule has 1 aliphatic heterocycles. The number of nitrogens with zero attached hydrogens (tertiary/aromatic N) is 3. The Balaban J connectivity index is 1.92. The molecule has 2 aromatic carbocycles. The van der Waals surface area contributed by atoms with Crippen LogP contribution in [0, 0.1) is 26.9 Å². The Morgan fingerprint density at radius 2 is 1.91 bits per heavy atom. The first-order valence-electron chi connectivity index (χ1n) is 10.2. The van der Waals surface area contributed by atoms with Crippen LogP contribution in [0.4, 0.5) is 11.4 Å². The van der Waals surface area contributed by atoms with Crippen LogP contribution >= 0.6 is 0 Å². The average Bonchev–Trinajstić information content (AvgIpc) is 2.75. The lowest BCUT2D eigenvalue weighted by Crippen LogP contribution is -2.44. The number of non-ortho nitro benzene ring substituents is 1. The Morgan fingerprint density at radius 1 is 1.19 bits per heavy atom. The Labute approximate surface area is 185 Å². The minimum absolute atomic E-state index is 0.0899. The van der Waals surface area contributed by atoms with Gasteiger partial charge in [0.15, 0.2) is 5.78 Å². The molecule has 2 aliphatic rings. The van der Waals surface area contributed by atoms with Crippen LogP contribution in [-0.2, 0) is 4.79 Å². The van der Waals surface area contributed by atoms with Crippen molar-refractivity contribution >= 4 is 17.2 Å². The predicted octanol–water partition coefficient (Wildman–Crippen LogP) is 4.36. The number of Topliss-reactive ketones (excluding diaryl/α,β-unsaturated/α-hetero) is 1. The van der Waals surface area contributed by atoms with E-state index in [1.165, 1.54) is 12.1 Å². The fourth-order valence-corrected chi connectivity index (χ4v) is 4.43. The van der Waals surface area contributed by atoms with Crippen molar-refractivity contribution in [3.05, 3.63) is 92.9 Å². The summed E-state index contributed by atoms with van der Waals surface area (Å²) >= 11 is 0. The molecule has 0 aromatic heterocycles. The number of hydrogen-bond acceptors (Lipinski definition) is 7. The van der Waals surface area contributed by atoms with E-state index in [4.69, 9.17) is 5.73 Å². The average molecular weight is 429 g/mol. The minimum atomic E-state index is -0.757. The van der Waals surface area contributed by atoms with Crippen molar-refractivity contribution < 1.29 is 9.72 Å². The summed E-state index contributed by atoms with van der Waals surface area (Å²) in [5, 5.41) is 23.0. The normalized spacial score (nSPS) is 20.0. The van der Waals surface area contributed by atoms with E-state index in [1.807, 2.05) is 44.2 Å². The maximum absolute atomic E-state index is 13.4. The first kappa shape index (κ1) is 21.1. The van der Waals surface area contributed by atoms with Crippen LogP contribution in [-0.4, -0.2) is 15.7 Å². The number of carbonyl (C=O) groups excluding carboxylic acids is 1. The zero-order valence-electron chi connectivity index (χ0n) is 17.8. The maximum atomic E-state index is 13.4. The van der Waals surface area contributed by atoms with Gasteiger partial charge in [-0.25, -0.2) is 5.01 Å². The molecule has 0 saturated heterocycles. The van der Waals surface area contributed by atoms with Crippen molar-refractivity contribution in [3.63, 3.8) is 0 Å². The number of ketones is 1. The largest absolute Gasteiger partial charge is 0.383 e. The standard InChI is InChI=1S/C24H23N5O3/c1-24(2)12-19-22(20(30)13-24)21(15-7-6-10-17(11-15)29(31)32)18(14-25)23(26)28(19)27-16-8-4-3-5-9-16/h3-11,21,27H,12-13,26H2,1-2H3/t21-/m0/s1. The highest BCUT2D eigenvalue weighted by atomic mass is 16.6. The van der Waals surface area contributed by atoms with Gasteiger partial charge in [0.05, 0.1) is 33.9 Å². The highest BCUT2D eigenvalue weighted by Gasteiger charge is 2.44. The van der Waals surface area contributed by atoms with E-state index in [0.717, 1.165) is 5.69 Å². The Morgan fingerprint density at radius 3 is 2.56 bits per heavy atom. The van der Waals surface area contributed by atoms with Gasteiger partial charge in [0, 0.05) is 24.1 Å². The van der Waals surface area contributed by atoms with Gasteiger partial charge in [0.1, 0.15) is 5.82 Å². The van der Waals surface area contributed by atoms with Gasteiger partial charge >= 0.3 is 0 Å². The number of nitro benzene ring substituents is 1. The van der Waals surface area contributed by atoms with Gasteiger partial charge in [0.2, 0.25) is 0 Å². The number of nitro groups is 1. The molecule has 1 aliphatic carbocycles. The van der Waals surface area contributed by atoms with E-state index in [1.54, 1.807) is 17.1 Å². The molecule has 1 atom stereocenters. The Kier molecular flexibility index (Phi) is 5.18. The van der Waals surface area contributed by atoms with E-state index in [2.05, 4.69) is 11.5 Å². The second kappa shape index (κ2) is 7.85. The number of rotatable bonds is 4. The van der Waals surface area contributed by atoms with Gasteiger partial charge in [-0.05, 0) is 29.5 Å². The van der Waals surface area contributed by atoms with E-state index < -0.39 is 10.8 Å². The summed E-state index contributed by atoms with van der Waals surface area (Å²) in [6.45, 7) is 4.02. The summed E-state index contributed by atoms with van der Waals surface area (Å²) in [5.41, 5.74) is 11.9. The van der Waals surface area contributed by atoms with Crippen LogP contribution in [0.25, 0.3) is 0 Å². The number of nitriles is 1. The lowest BCUT2D eigenvalue weighted by atomic mass is 9.69. The SMILES string of the molecule is CC1(C)CC(=O)C2=C(C1)N(Nc1ccccc1)C(N)=C(C#N)[C@@H]2c1cccc([N+](=O)[O-])c1. The van der Waals surface area contributed by atoms with Gasteiger partial charge in [-0.3, -0.25) is 20.3 Å². The Bertz CT molecular complexity index is 1210. The van der Waals surface area contributed by atoms with Gasteiger partial charge < -0.3 is 5.73 Å². The first-order valence-corrected chi connectivity index (χ1v) is 10.2. The molecule has 2 aromatic rings. The molecule has 0 saturated carbocycles. The summed E-state index contributed by atoms with van der Waals surface area (Å²) in [6, 6.07) is 17.6. The third-order valence-corrected chi connectivity index (χ3v) is 5.81. The number of para-hydroxylation sites is 1. The van der Waals surface area contributed by atoms with E-state index in [0.29, 0.717) is 29.7 Å². The van der Waals surface area contributed by atoms with Crippen LogP contribution in [0.2, 0.25) is 0 Å². The zero-order valence-corrected chi connectivity index (χ0v) is 17.8. The second-order valence-electron chi connectivity index (χ2n) is 8.81. The van der Waals surface area contributed by atoms with Crippen molar-refractivity contribution in [2.45, 2.75) is 32.6 Å². The number of carbonyl (C=O) groups is 1. The lowest BCUT2D eigenvalue weighted by Gasteiger charge is -2.43. The predicted molar refractivity (Wildman–Crippen MR) is 120 cm³/mol. The van der Waals surface area contributed by atoms with Crippen molar-refractivity contribution in [1.29, 1.82) is 5.26 Å². The number of anilines is 1. The molecular formula is C24H23N5O3. The molecule has 0 fully saturated rings. The number of hydrogen-bond donors (Lipinski definition) is 2. The van der Waals surface area contributed by atoms with Crippen LogP contribution in [0.1, 0.15) is 38.2 Å². The van der Waals surface area contributed by atoms with Gasteiger partial charge in [-0.2, -0.15) is 5.26 Å². The molecule has 162 valence electrons. The molecule has 8 heteroatoms. The summed E-state index contributed by atoms with van der Waals surface area (Å²) < 4.78 is 0. The van der Waals surface area contributed by atoms with E-state index in [9.17, 15) is 20.2 Å². The quantitative estimate of drug-likeness (QED) is 0.546. The number of nitrogens with two attached hydrogens (primary N) is 1. The van der Waals surface area contributed by atoms with Crippen molar-refractivity contribution in [1.82, 2.24) is 5.01 Å². The molecule has 32 heavy (non-hydrogen) atoms. The third kappa shape index (κ3) is 3.69. The minimum Gasteiger partial charge on any atom is -0.383 e. The number of hydrazine groups is 1. The molecule has 0 bridgehead atoms. The van der Waals surface area contributed by atoms with Crippen LogP contribution in [0.3, 0.4) is 0 Å². The monoisotopic (exact) mass is 429 g/mol. The van der Waals surface area contributed by atoms with Gasteiger partial charge in [-0.15, -0.1) is 0 Å². The number of allylic oxidation sites excluding steroid dienone is 3. The topological polar surface area (TPSA) is 125 Å². The zero-order chi connectivity index (χ0) is 23.0. The van der Waals surface area contributed by atoms with Crippen LogP contribution < -0.4 is 11.2 Å². The molecule has 8 nitrogen and oxygen atoms in total. The van der Waals surface area contributed by atoms with Gasteiger partial charge in [-0.1, -0.05) is 44.2 Å². The fourth-order valence-electron chi connectivity index (χ4n) is 4.43. The molecular weight excluding hydrogens is 406 g/mol. The number of benzene rings is 2. The van der Waals surface area contributed by atoms with Crippen LogP contribution in [0.5, 0.6) is 0 Å². The summed E-state index contributed by atoms with van der Waals surface area (Å²) in [4.78, 5) is 24.2. The molecule has 0 spiro atoms. The molecule has 0 radical (unpaired) electrons. The molecule has 0 unspecified atom stereocenters. The molecule has 1 heterocycles. The smallest absolute Gasteiger partial charge is 0.269 e. The second-order valence-corrected chi connectivity index (χ2v) is 8.81. The maximum Gasteiger partial charge on any atom is 0.269 e. The highest BCUT2D eigenvalue weighted by molar-refractivity contribution is 6.00. The van der Waals surface area contributed by atoms with Crippen molar-refractivity contribution in [3.8, 4) is 6.07 Å². The van der Waals surface area contributed by atoms with Gasteiger partial charge in [0.25, 0.3) is 5.69 Å². The first-order chi connectivity index (χ1) is 15.2. The van der Waals surface area contributed by atoms with E-state index in [-0.39, 0.29) is 28.3 Å². The number of nitrogens with one attached hydrogen (secondary N) is 1. The molecule has 3 N–H and O–H groups in total. The fraction of sp³-hybridized carbons (Fsp3) is 0.250. The Hall–Kier alpha value is -4.12. The van der Waals surface area contributed by atoms with Crippen molar-refractivity contribution in [2.75, 3.05) is 5.43 Å². The summed E-state index contributed by atoms with van der Waals surface area (Å²) in [5.74, 6) is -0.669. The lowest BCUT2D eigenvalue weighted by molar-refractivity contribution is -0.384. The summed E-state index contributed by atoms with van der Waals surface area (Å²) in [6.07, 6.45) is 0.869. The summed E-state index contributed by atoms with van der Waals surface area (Å²) in [7, 11) is 0. The molecule has 4 rings (SSSR count). The third-order valence-electron chi connectivity index (χ3n) is 5.81. The van der Waals surface area contributed by atoms with E-state index >= 15 is 0 Å². The molecule has 0 amide bonds. The van der Waals surface area contributed by atoms with Crippen molar-refractivity contribution in [2.24, 2.45) is 11.1 Å².